The van der Waals surface area contributed by atoms with E-state index in [9.17, 15) is 4.39 Å². The fourth-order valence-corrected chi connectivity index (χ4v) is 2.50. The van der Waals surface area contributed by atoms with Gasteiger partial charge in [-0.25, -0.2) is 9.37 Å². The van der Waals surface area contributed by atoms with Crippen LogP contribution in [0.1, 0.15) is 29.1 Å². The highest BCUT2D eigenvalue weighted by molar-refractivity contribution is 7.09. The van der Waals surface area contributed by atoms with Gasteiger partial charge in [-0.15, -0.1) is 11.3 Å². The highest BCUT2D eigenvalue weighted by Gasteiger charge is 2.08. The monoisotopic (exact) mass is 280 g/mol. The van der Waals surface area contributed by atoms with E-state index in [1.807, 2.05) is 19.4 Å². The molecular weight excluding hydrogens is 263 g/mol. The second kappa shape index (κ2) is 6.12. The largest absolute Gasteiger partial charge is 0.490 e. The Hall–Kier alpha value is -1.46. The predicted molar refractivity (Wildman–Crippen MR) is 75.1 cm³/mol. The molecule has 0 radical (unpaired) electrons. The second-order valence-electron chi connectivity index (χ2n) is 4.44. The molecule has 5 heteroatoms. The summed E-state index contributed by atoms with van der Waals surface area (Å²) in [7, 11) is 0. The van der Waals surface area contributed by atoms with Gasteiger partial charge in [0.25, 0.3) is 0 Å². The van der Waals surface area contributed by atoms with Crippen LogP contribution in [0.5, 0.6) is 5.75 Å². The van der Waals surface area contributed by atoms with Crippen LogP contribution in [0.4, 0.5) is 4.39 Å². The molecule has 1 aromatic heterocycles. The molecule has 0 amide bonds. The lowest BCUT2D eigenvalue weighted by molar-refractivity contribution is 0.305. The third-order valence-corrected chi connectivity index (χ3v) is 3.91. The average molecular weight is 280 g/mol. The standard InChI is InChI=1S/C14H17FN2OS/c1-9(16)11-3-4-13(12(15)7-11)18-6-5-14-10(2)17-8-19-14/h3-4,7-9H,5-6,16H2,1-2H3/t9-/m0/s1. The zero-order valence-corrected chi connectivity index (χ0v) is 11.8. The Labute approximate surface area is 116 Å². The van der Waals surface area contributed by atoms with E-state index in [2.05, 4.69) is 4.98 Å². The molecule has 0 aliphatic heterocycles. The number of rotatable bonds is 5. The molecule has 0 fully saturated rings. The third-order valence-electron chi connectivity index (χ3n) is 2.91. The van der Waals surface area contributed by atoms with Gasteiger partial charge in [0.05, 0.1) is 17.8 Å². The highest BCUT2D eigenvalue weighted by atomic mass is 32.1. The maximum absolute atomic E-state index is 13.8. The first-order valence-corrected chi connectivity index (χ1v) is 7.02. The van der Waals surface area contributed by atoms with Gasteiger partial charge in [-0.1, -0.05) is 6.07 Å². The van der Waals surface area contributed by atoms with Crippen molar-refractivity contribution in [1.29, 1.82) is 0 Å². The van der Waals surface area contributed by atoms with Gasteiger partial charge < -0.3 is 10.5 Å². The highest BCUT2D eigenvalue weighted by Crippen LogP contribution is 2.21. The summed E-state index contributed by atoms with van der Waals surface area (Å²) in [6.07, 6.45) is 0.741. The minimum absolute atomic E-state index is 0.177. The van der Waals surface area contributed by atoms with Crippen molar-refractivity contribution in [2.75, 3.05) is 6.61 Å². The average Bonchev–Trinajstić information content (AvgIpc) is 2.77. The zero-order valence-electron chi connectivity index (χ0n) is 11.0. The summed E-state index contributed by atoms with van der Waals surface area (Å²) in [5.41, 5.74) is 9.29. The molecule has 0 unspecified atom stereocenters. The Morgan fingerprint density at radius 3 is 2.84 bits per heavy atom. The van der Waals surface area contributed by atoms with Gasteiger partial charge in [-0.2, -0.15) is 0 Å². The molecule has 0 bridgehead atoms. The first kappa shape index (κ1) is 14.0. The van der Waals surface area contributed by atoms with Crippen molar-refractivity contribution < 1.29 is 9.13 Å². The molecule has 1 heterocycles. The molecule has 0 aliphatic carbocycles. The lowest BCUT2D eigenvalue weighted by atomic mass is 10.1. The van der Waals surface area contributed by atoms with E-state index in [1.54, 1.807) is 23.5 Å². The zero-order chi connectivity index (χ0) is 13.8. The summed E-state index contributed by atoms with van der Waals surface area (Å²) in [5.74, 6) is -0.0950. The van der Waals surface area contributed by atoms with Crippen LogP contribution in [0.25, 0.3) is 0 Å². The molecule has 2 N–H and O–H groups in total. The van der Waals surface area contributed by atoms with E-state index in [0.717, 1.165) is 17.7 Å². The number of hydrogen-bond acceptors (Lipinski definition) is 4. The Morgan fingerprint density at radius 1 is 1.47 bits per heavy atom. The quantitative estimate of drug-likeness (QED) is 0.914. The van der Waals surface area contributed by atoms with E-state index in [1.165, 1.54) is 10.9 Å². The number of benzene rings is 1. The van der Waals surface area contributed by atoms with Crippen LogP contribution in [0.15, 0.2) is 23.7 Å². The van der Waals surface area contributed by atoms with E-state index in [-0.39, 0.29) is 17.6 Å². The number of hydrogen-bond donors (Lipinski definition) is 1. The van der Waals surface area contributed by atoms with Crippen LogP contribution >= 0.6 is 11.3 Å². The molecule has 0 saturated carbocycles. The fourth-order valence-electron chi connectivity index (χ4n) is 1.74. The second-order valence-corrected chi connectivity index (χ2v) is 5.38. The molecule has 1 atom stereocenters. The summed E-state index contributed by atoms with van der Waals surface area (Å²) < 4.78 is 19.2. The smallest absolute Gasteiger partial charge is 0.165 e. The fraction of sp³-hybridized carbons (Fsp3) is 0.357. The van der Waals surface area contributed by atoms with Crippen molar-refractivity contribution in [3.63, 3.8) is 0 Å². The third kappa shape index (κ3) is 3.52. The number of nitrogens with two attached hydrogens (primary N) is 1. The summed E-state index contributed by atoms with van der Waals surface area (Å²) in [4.78, 5) is 5.34. The van der Waals surface area contributed by atoms with E-state index >= 15 is 0 Å². The van der Waals surface area contributed by atoms with Gasteiger partial charge in [-0.3, -0.25) is 0 Å². The van der Waals surface area contributed by atoms with Gasteiger partial charge in [0.2, 0.25) is 0 Å². The van der Waals surface area contributed by atoms with Crippen molar-refractivity contribution in [2.45, 2.75) is 26.3 Å². The van der Waals surface area contributed by atoms with Crippen LogP contribution in [0, 0.1) is 12.7 Å². The van der Waals surface area contributed by atoms with Crippen LogP contribution < -0.4 is 10.5 Å². The van der Waals surface area contributed by atoms with E-state index < -0.39 is 0 Å². The summed E-state index contributed by atoms with van der Waals surface area (Å²) in [6, 6.07) is 4.68. The molecule has 3 nitrogen and oxygen atoms in total. The molecule has 1 aromatic carbocycles. The van der Waals surface area contributed by atoms with Crippen molar-refractivity contribution in [2.24, 2.45) is 5.73 Å². The normalized spacial score (nSPS) is 12.4. The molecule has 0 spiro atoms. The Bertz CT molecular complexity index is 554. The SMILES string of the molecule is Cc1ncsc1CCOc1ccc([C@H](C)N)cc1F. The van der Waals surface area contributed by atoms with E-state index in [0.29, 0.717) is 6.61 Å². The summed E-state index contributed by atoms with van der Waals surface area (Å²) in [5, 5.41) is 0. The van der Waals surface area contributed by atoms with Gasteiger partial charge in [0, 0.05) is 17.3 Å². The minimum atomic E-state index is -0.365. The van der Waals surface area contributed by atoms with Crippen LogP contribution in [0.2, 0.25) is 0 Å². The maximum Gasteiger partial charge on any atom is 0.165 e. The van der Waals surface area contributed by atoms with Crippen molar-refractivity contribution in [3.8, 4) is 5.75 Å². The minimum Gasteiger partial charge on any atom is -0.490 e. The number of aromatic nitrogens is 1. The lowest BCUT2D eigenvalue weighted by Crippen LogP contribution is -2.07. The number of ether oxygens (including phenoxy) is 1. The van der Waals surface area contributed by atoms with Crippen molar-refractivity contribution >= 4 is 11.3 Å². The maximum atomic E-state index is 13.8. The topological polar surface area (TPSA) is 48.1 Å². The van der Waals surface area contributed by atoms with Crippen molar-refractivity contribution in [3.05, 3.63) is 45.7 Å². The first-order chi connectivity index (χ1) is 9.08. The van der Waals surface area contributed by atoms with Gasteiger partial charge in [-0.05, 0) is 31.5 Å². The van der Waals surface area contributed by atoms with Gasteiger partial charge in [0.15, 0.2) is 11.6 Å². The molecule has 2 rings (SSSR count). The number of nitrogens with zero attached hydrogens (tertiary/aromatic N) is 1. The van der Waals surface area contributed by atoms with Crippen LogP contribution in [-0.2, 0) is 6.42 Å². The summed E-state index contributed by atoms with van der Waals surface area (Å²) in [6.45, 7) is 4.23. The Kier molecular flexibility index (Phi) is 4.50. The van der Waals surface area contributed by atoms with Crippen LogP contribution in [0.3, 0.4) is 0 Å². The number of thiazole rings is 1. The van der Waals surface area contributed by atoms with Crippen LogP contribution in [-0.4, -0.2) is 11.6 Å². The molecular formula is C14H17FN2OS. The van der Waals surface area contributed by atoms with Gasteiger partial charge >= 0.3 is 0 Å². The molecule has 102 valence electrons. The van der Waals surface area contributed by atoms with Gasteiger partial charge in [0.1, 0.15) is 0 Å². The molecule has 19 heavy (non-hydrogen) atoms. The first-order valence-electron chi connectivity index (χ1n) is 6.14. The lowest BCUT2D eigenvalue weighted by Gasteiger charge is -2.10. The van der Waals surface area contributed by atoms with Crippen molar-refractivity contribution in [1.82, 2.24) is 4.98 Å². The number of halogens is 1. The molecule has 0 saturated heterocycles. The molecule has 2 aromatic rings. The number of aryl methyl sites for hydroxylation is 1. The summed E-state index contributed by atoms with van der Waals surface area (Å²) >= 11 is 1.59. The predicted octanol–water partition coefficient (Wildman–Crippen LogP) is 3.23. The van der Waals surface area contributed by atoms with E-state index in [4.69, 9.17) is 10.5 Å². The Morgan fingerprint density at radius 2 is 2.26 bits per heavy atom. The Balaban J connectivity index is 1.95. The molecule has 0 aliphatic rings.